The molecule has 2 heterocycles. The van der Waals surface area contributed by atoms with E-state index in [0.29, 0.717) is 21.5 Å². The van der Waals surface area contributed by atoms with E-state index in [2.05, 4.69) is 20.3 Å². The highest BCUT2D eigenvalue weighted by Crippen LogP contribution is 2.29. The van der Waals surface area contributed by atoms with Gasteiger partial charge in [0.25, 0.3) is 0 Å². The highest BCUT2D eigenvalue weighted by atomic mass is 35.5. The Bertz CT molecular complexity index is 1210. The zero-order valence-corrected chi connectivity index (χ0v) is 16.1. The largest absolute Gasteiger partial charge is 0.301 e. The van der Waals surface area contributed by atoms with Crippen LogP contribution in [-0.2, 0) is 0 Å². The van der Waals surface area contributed by atoms with Gasteiger partial charge in [-0.3, -0.25) is 9.89 Å². The van der Waals surface area contributed by atoms with Gasteiger partial charge in [0.1, 0.15) is 5.82 Å². The fourth-order valence-corrected chi connectivity index (χ4v) is 3.53. The van der Waals surface area contributed by atoms with Crippen LogP contribution in [0.2, 0.25) is 5.02 Å². The fourth-order valence-electron chi connectivity index (χ4n) is 2.52. The van der Waals surface area contributed by atoms with Crippen LogP contribution in [0, 0.1) is 12.7 Å². The molecule has 4 aromatic rings. The maximum atomic E-state index is 13.0. The number of aromatic nitrogens is 3. The van der Waals surface area contributed by atoms with Crippen LogP contribution >= 0.6 is 22.9 Å². The van der Waals surface area contributed by atoms with Crippen molar-refractivity contribution in [2.75, 3.05) is 0 Å². The molecule has 140 valence electrons. The zero-order chi connectivity index (χ0) is 19.7. The molecule has 6 nitrogen and oxygen atoms in total. The summed E-state index contributed by atoms with van der Waals surface area (Å²) in [6, 6.07) is 12.9. The normalized spacial score (nSPS) is 11.4. The van der Waals surface area contributed by atoms with E-state index >= 15 is 0 Å². The average molecular weight is 414 g/mol. The highest BCUT2D eigenvalue weighted by Gasteiger charge is 2.15. The first kappa shape index (κ1) is 18.3. The molecule has 4 rings (SSSR count). The molecule has 0 unspecified atom stereocenters. The van der Waals surface area contributed by atoms with Gasteiger partial charge in [0.2, 0.25) is 5.13 Å². The molecule has 0 radical (unpaired) electrons. The van der Waals surface area contributed by atoms with Crippen LogP contribution in [0.3, 0.4) is 0 Å². The Labute approximate surface area is 168 Å². The number of hydrogen-bond acceptors (Lipinski definition) is 5. The summed E-state index contributed by atoms with van der Waals surface area (Å²) >= 11 is 7.28. The molecule has 0 saturated heterocycles. The molecule has 0 bridgehead atoms. The van der Waals surface area contributed by atoms with Crippen molar-refractivity contribution in [3.63, 3.8) is 0 Å². The van der Waals surface area contributed by atoms with Crippen molar-refractivity contribution >= 4 is 34.3 Å². The Balaban J connectivity index is 1.65. The predicted octanol–water partition coefficient (Wildman–Crippen LogP) is 5.81. The standard InChI is InChI=1S/C19H13ClFN5OS/c1-11-17(24-23-15-8-6-14(21)7-9-15)18(27)26(25-11)19-22-10-16(28-19)12-2-4-13(20)5-3-12/h2-10,25H,1H3. The van der Waals surface area contributed by atoms with E-state index in [4.69, 9.17) is 11.6 Å². The van der Waals surface area contributed by atoms with Gasteiger partial charge in [0, 0.05) is 11.2 Å². The van der Waals surface area contributed by atoms with Crippen LogP contribution in [0.4, 0.5) is 15.8 Å². The van der Waals surface area contributed by atoms with Gasteiger partial charge in [0.15, 0.2) is 5.69 Å². The second-order valence-corrected chi connectivity index (χ2v) is 7.36. The Morgan fingerprint density at radius 3 is 2.54 bits per heavy atom. The second-order valence-electron chi connectivity index (χ2n) is 5.92. The molecule has 0 spiro atoms. The number of nitrogens with one attached hydrogen (secondary N) is 1. The molecule has 9 heteroatoms. The molecular weight excluding hydrogens is 401 g/mol. The van der Waals surface area contributed by atoms with Crippen LogP contribution in [0.1, 0.15) is 5.69 Å². The van der Waals surface area contributed by atoms with Gasteiger partial charge in [-0.25, -0.2) is 9.37 Å². The number of H-pyrrole nitrogens is 1. The topological polar surface area (TPSA) is 75.4 Å². The van der Waals surface area contributed by atoms with Crippen molar-refractivity contribution in [2.24, 2.45) is 10.2 Å². The highest BCUT2D eigenvalue weighted by molar-refractivity contribution is 7.17. The molecule has 0 aliphatic carbocycles. The first-order chi connectivity index (χ1) is 13.5. The van der Waals surface area contributed by atoms with Crippen LogP contribution in [0.15, 0.2) is 69.8 Å². The van der Waals surface area contributed by atoms with Crippen molar-refractivity contribution in [3.8, 4) is 15.6 Å². The summed E-state index contributed by atoms with van der Waals surface area (Å²) < 4.78 is 14.3. The molecule has 2 aromatic carbocycles. The number of rotatable bonds is 4. The molecule has 0 aliphatic heterocycles. The number of benzene rings is 2. The van der Waals surface area contributed by atoms with Crippen LogP contribution < -0.4 is 5.56 Å². The van der Waals surface area contributed by atoms with Gasteiger partial charge in [-0.05, 0) is 48.9 Å². The van der Waals surface area contributed by atoms with E-state index in [1.54, 1.807) is 25.3 Å². The van der Waals surface area contributed by atoms with Crippen molar-refractivity contribution < 1.29 is 4.39 Å². The van der Waals surface area contributed by atoms with Gasteiger partial charge < -0.3 is 0 Å². The third-order valence-electron chi connectivity index (χ3n) is 3.95. The van der Waals surface area contributed by atoms with Gasteiger partial charge in [-0.15, -0.1) is 5.11 Å². The average Bonchev–Trinajstić information content (AvgIpc) is 3.27. The number of aryl methyl sites for hydroxylation is 1. The second kappa shape index (κ2) is 7.49. The van der Waals surface area contributed by atoms with Crippen molar-refractivity contribution in [3.05, 3.63) is 81.6 Å². The molecular formula is C19H13ClFN5OS. The van der Waals surface area contributed by atoms with Gasteiger partial charge in [-0.2, -0.15) is 9.80 Å². The summed E-state index contributed by atoms with van der Waals surface area (Å²) in [5, 5.41) is 12.1. The SMILES string of the molecule is Cc1[nH]n(-c2ncc(-c3ccc(Cl)cc3)s2)c(=O)c1N=Nc1ccc(F)cc1. The Hall–Kier alpha value is -3.10. The molecule has 0 atom stereocenters. The minimum absolute atomic E-state index is 0.174. The van der Waals surface area contributed by atoms with Gasteiger partial charge in [-0.1, -0.05) is 35.1 Å². The first-order valence-electron chi connectivity index (χ1n) is 8.22. The lowest BCUT2D eigenvalue weighted by Gasteiger charge is -1.96. The van der Waals surface area contributed by atoms with Crippen molar-refractivity contribution in [1.29, 1.82) is 0 Å². The zero-order valence-electron chi connectivity index (χ0n) is 14.6. The van der Waals surface area contributed by atoms with Crippen LogP contribution in [0.25, 0.3) is 15.6 Å². The van der Waals surface area contributed by atoms with E-state index in [1.807, 2.05) is 12.1 Å². The minimum Gasteiger partial charge on any atom is -0.291 e. The summed E-state index contributed by atoms with van der Waals surface area (Å²) in [5.74, 6) is -0.362. The number of hydrogen-bond donors (Lipinski definition) is 1. The monoisotopic (exact) mass is 413 g/mol. The van der Waals surface area contributed by atoms with Gasteiger partial charge in [0.05, 0.1) is 16.3 Å². The van der Waals surface area contributed by atoms with Crippen molar-refractivity contribution in [1.82, 2.24) is 14.8 Å². The van der Waals surface area contributed by atoms with Crippen molar-refractivity contribution in [2.45, 2.75) is 6.92 Å². The van der Waals surface area contributed by atoms with Gasteiger partial charge >= 0.3 is 5.56 Å². The lowest BCUT2D eigenvalue weighted by molar-refractivity contribution is 0.628. The fraction of sp³-hybridized carbons (Fsp3) is 0.0526. The predicted molar refractivity (Wildman–Crippen MR) is 108 cm³/mol. The van der Waals surface area contributed by atoms with E-state index in [1.165, 1.54) is 40.3 Å². The maximum absolute atomic E-state index is 13.0. The molecule has 0 saturated carbocycles. The lowest BCUT2D eigenvalue weighted by Crippen LogP contribution is -2.13. The number of azo groups is 1. The third kappa shape index (κ3) is 3.64. The Morgan fingerprint density at radius 2 is 1.82 bits per heavy atom. The van der Waals surface area contributed by atoms with Crippen LogP contribution in [-0.4, -0.2) is 14.8 Å². The summed E-state index contributed by atoms with van der Waals surface area (Å²) in [4.78, 5) is 18.0. The third-order valence-corrected chi connectivity index (χ3v) is 5.23. The van der Waals surface area contributed by atoms with Crippen LogP contribution in [0.5, 0.6) is 0 Å². The molecule has 28 heavy (non-hydrogen) atoms. The lowest BCUT2D eigenvalue weighted by atomic mass is 10.2. The Kier molecular flexibility index (Phi) is 4.89. The van der Waals surface area contributed by atoms with E-state index in [9.17, 15) is 9.18 Å². The quantitative estimate of drug-likeness (QED) is 0.429. The molecule has 2 aromatic heterocycles. The number of thiazole rings is 1. The minimum atomic E-state index is -0.362. The van der Waals surface area contributed by atoms with E-state index in [0.717, 1.165) is 10.4 Å². The smallest absolute Gasteiger partial charge is 0.291 e. The summed E-state index contributed by atoms with van der Waals surface area (Å²) in [6.45, 7) is 1.73. The number of halogens is 2. The summed E-state index contributed by atoms with van der Waals surface area (Å²) in [6.07, 6.45) is 1.70. The maximum Gasteiger partial charge on any atom is 0.301 e. The Morgan fingerprint density at radius 1 is 1.11 bits per heavy atom. The molecule has 0 aliphatic rings. The number of nitrogens with zero attached hydrogens (tertiary/aromatic N) is 4. The first-order valence-corrected chi connectivity index (χ1v) is 9.42. The summed E-state index contributed by atoms with van der Waals surface area (Å²) in [5.41, 5.74) is 1.78. The molecule has 1 N–H and O–H groups in total. The number of aromatic amines is 1. The van der Waals surface area contributed by atoms with E-state index in [-0.39, 0.29) is 17.1 Å². The molecule has 0 amide bonds. The summed E-state index contributed by atoms with van der Waals surface area (Å²) in [7, 11) is 0. The van der Waals surface area contributed by atoms with E-state index < -0.39 is 0 Å². The molecule has 0 fully saturated rings.